The summed E-state index contributed by atoms with van der Waals surface area (Å²) in [5.41, 5.74) is 12.8. The molecule has 1 aromatic carbocycles. The number of benzene rings is 1. The van der Waals surface area contributed by atoms with Crippen LogP contribution in [0.5, 0.6) is 0 Å². The Morgan fingerprint density at radius 1 is 0.230 bits per heavy atom. The lowest BCUT2D eigenvalue weighted by molar-refractivity contribution is 0.527. The highest BCUT2D eigenvalue weighted by Crippen LogP contribution is 2.28. The first kappa shape index (κ1) is 58.0. The Balaban J connectivity index is 2.37. The quantitative estimate of drug-likeness (QED) is 0.0513. The van der Waals surface area contributed by atoms with E-state index in [2.05, 4.69) is 32.9 Å². The molecule has 1 nitrogen and oxygen atoms in total. The van der Waals surface area contributed by atoms with Crippen molar-refractivity contribution >= 4 is 5.69 Å². The molecule has 0 aliphatic rings. The van der Waals surface area contributed by atoms with Crippen molar-refractivity contribution in [2.75, 3.05) is 5.73 Å². The highest BCUT2D eigenvalue weighted by molar-refractivity contribution is 5.54. The van der Waals surface area contributed by atoms with E-state index in [-0.39, 0.29) is 0 Å². The first-order chi connectivity index (χ1) is 30.2. The van der Waals surface area contributed by atoms with E-state index in [1.54, 1.807) is 16.7 Å². The fraction of sp³-hybridized carbons (Fsp3) is 0.900. The number of unbranched alkanes of at least 4 members (excludes halogenated alkanes) is 45. The van der Waals surface area contributed by atoms with Crippen LogP contribution in [0.4, 0.5) is 5.69 Å². The summed E-state index contributed by atoms with van der Waals surface area (Å²) >= 11 is 0. The Morgan fingerprint density at radius 3 is 0.672 bits per heavy atom. The molecule has 0 amide bonds. The van der Waals surface area contributed by atoms with E-state index in [1.165, 1.54) is 327 Å². The van der Waals surface area contributed by atoms with E-state index in [0.717, 1.165) is 5.69 Å². The van der Waals surface area contributed by atoms with Gasteiger partial charge in [0.2, 0.25) is 0 Å². The van der Waals surface area contributed by atoms with Crippen LogP contribution in [-0.4, -0.2) is 0 Å². The number of aryl methyl sites for hydroxylation is 1. The second-order valence-corrected chi connectivity index (χ2v) is 20.4. The maximum absolute atomic E-state index is 6.81. The average Bonchev–Trinajstić information content (AvgIpc) is 3.27. The molecular weight excluding hydrogens is 735 g/mol. The van der Waals surface area contributed by atoms with Crippen molar-refractivity contribution in [3.63, 3.8) is 0 Å². The fourth-order valence-corrected chi connectivity index (χ4v) is 10.2. The van der Waals surface area contributed by atoms with Crippen molar-refractivity contribution in [3.05, 3.63) is 28.8 Å². The van der Waals surface area contributed by atoms with Gasteiger partial charge in [0, 0.05) is 5.69 Å². The molecule has 0 aliphatic heterocycles. The molecule has 0 radical (unpaired) electrons. The molecule has 0 aromatic heterocycles. The van der Waals surface area contributed by atoms with Crippen LogP contribution in [0.25, 0.3) is 0 Å². The summed E-state index contributed by atoms with van der Waals surface area (Å²) in [6.07, 6.45) is 72.8. The molecule has 61 heavy (non-hydrogen) atoms. The number of hydrogen-bond acceptors (Lipinski definition) is 1. The van der Waals surface area contributed by atoms with Gasteiger partial charge in [0.1, 0.15) is 0 Å². The molecule has 0 spiro atoms. The molecule has 1 aromatic rings. The third-order valence-electron chi connectivity index (χ3n) is 14.4. The van der Waals surface area contributed by atoms with E-state index in [4.69, 9.17) is 5.73 Å². The van der Waals surface area contributed by atoms with Crippen LogP contribution in [0.15, 0.2) is 12.1 Å². The fourth-order valence-electron chi connectivity index (χ4n) is 10.2. The van der Waals surface area contributed by atoms with E-state index >= 15 is 0 Å². The third-order valence-corrected chi connectivity index (χ3v) is 14.4. The molecule has 360 valence electrons. The number of hydrogen-bond donors (Lipinski definition) is 1. The molecule has 0 fully saturated rings. The minimum absolute atomic E-state index is 1.09. The van der Waals surface area contributed by atoms with E-state index in [9.17, 15) is 0 Å². The topological polar surface area (TPSA) is 26.0 Å². The van der Waals surface area contributed by atoms with Crippen molar-refractivity contribution in [3.8, 4) is 0 Å². The molecular formula is C60H115N. The van der Waals surface area contributed by atoms with Crippen LogP contribution in [0, 0.1) is 0 Å². The molecule has 1 rings (SSSR count). The van der Waals surface area contributed by atoms with Gasteiger partial charge in [-0.05, 0) is 61.3 Å². The lowest BCUT2D eigenvalue weighted by Crippen LogP contribution is -2.06. The van der Waals surface area contributed by atoms with E-state index < -0.39 is 0 Å². The first-order valence-electron chi connectivity index (χ1n) is 29.1. The molecule has 0 heterocycles. The second kappa shape index (κ2) is 48.5. The third kappa shape index (κ3) is 39.1. The van der Waals surface area contributed by atoms with Crippen LogP contribution < -0.4 is 5.73 Å². The number of anilines is 1. The largest absolute Gasteiger partial charge is 0.398 e. The van der Waals surface area contributed by atoms with Crippen LogP contribution >= 0.6 is 0 Å². The van der Waals surface area contributed by atoms with Crippen molar-refractivity contribution in [1.29, 1.82) is 0 Å². The summed E-state index contributed by atoms with van der Waals surface area (Å²) < 4.78 is 0. The predicted molar refractivity (Wildman–Crippen MR) is 281 cm³/mol. The van der Waals surface area contributed by atoms with Gasteiger partial charge in [-0.3, -0.25) is 0 Å². The minimum Gasteiger partial charge on any atom is -0.398 e. The zero-order valence-electron chi connectivity index (χ0n) is 42.8. The van der Waals surface area contributed by atoms with Crippen molar-refractivity contribution in [2.45, 2.75) is 348 Å². The smallest absolute Gasteiger partial charge is 0.0349 e. The standard InChI is InChI=1S/C60H115N/c1-4-7-10-13-16-19-22-25-28-31-34-37-40-43-46-49-52-57-55-56-60(61)59(54-51-48-45-42-39-36-33-30-27-24-21-18-15-12-9-6-3)58(57)53-50-47-44-41-38-35-32-29-26-23-20-17-14-11-8-5-2/h55-56H,4-54,61H2,1-3H3. The lowest BCUT2D eigenvalue weighted by atomic mass is 9.89. The average molecular weight is 851 g/mol. The number of nitrogen functional groups attached to an aromatic ring is 1. The summed E-state index contributed by atoms with van der Waals surface area (Å²) in [7, 11) is 0. The zero-order chi connectivity index (χ0) is 43.8. The van der Waals surface area contributed by atoms with Crippen LogP contribution in [0.2, 0.25) is 0 Å². The highest BCUT2D eigenvalue weighted by Gasteiger charge is 2.12. The Morgan fingerprint density at radius 2 is 0.426 bits per heavy atom. The zero-order valence-corrected chi connectivity index (χ0v) is 42.8. The maximum Gasteiger partial charge on any atom is 0.0349 e. The van der Waals surface area contributed by atoms with Gasteiger partial charge in [-0.15, -0.1) is 0 Å². The Labute approximate surface area is 386 Å². The molecule has 2 N–H and O–H groups in total. The summed E-state index contributed by atoms with van der Waals surface area (Å²) in [5, 5.41) is 0. The minimum atomic E-state index is 1.09. The van der Waals surface area contributed by atoms with Gasteiger partial charge in [-0.2, -0.15) is 0 Å². The molecule has 0 saturated carbocycles. The predicted octanol–water partition coefficient (Wildman–Crippen LogP) is 21.7. The molecule has 0 unspecified atom stereocenters. The summed E-state index contributed by atoms with van der Waals surface area (Å²) in [6, 6.07) is 4.71. The van der Waals surface area contributed by atoms with Crippen molar-refractivity contribution < 1.29 is 0 Å². The normalized spacial score (nSPS) is 11.7. The lowest BCUT2D eigenvalue weighted by Gasteiger charge is -2.18. The Hall–Kier alpha value is -0.980. The van der Waals surface area contributed by atoms with Gasteiger partial charge < -0.3 is 5.73 Å². The molecule has 1 heteroatoms. The monoisotopic (exact) mass is 850 g/mol. The molecule has 0 atom stereocenters. The molecule has 0 bridgehead atoms. The maximum atomic E-state index is 6.81. The second-order valence-electron chi connectivity index (χ2n) is 20.4. The van der Waals surface area contributed by atoms with Crippen molar-refractivity contribution in [2.24, 2.45) is 0 Å². The molecule has 0 aliphatic carbocycles. The SMILES string of the molecule is CCCCCCCCCCCCCCCCCCc1ccc(N)c(CCCCCCCCCCCCCCCCCC)c1CCCCCCCCCCCCCCCCCC. The first-order valence-corrected chi connectivity index (χ1v) is 29.1. The van der Waals surface area contributed by atoms with Gasteiger partial charge in [0.25, 0.3) is 0 Å². The number of rotatable bonds is 51. The van der Waals surface area contributed by atoms with Gasteiger partial charge in [-0.25, -0.2) is 0 Å². The summed E-state index contributed by atoms with van der Waals surface area (Å²) in [6.45, 7) is 6.95. The van der Waals surface area contributed by atoms with Crippen LogP contribution in [0.3, 0.4) is 0 Å². The van der Waals surface area contributed by atoms with Gasteiger partial charge >= 0.3 is 0 Å². The van der Waals surface area contributed by atoms with E-state index in [0.29, 0.717) is 0 Å². The summed E-state index contributed by atoms with van der Waals surface area (Å²) in [5.74, 6) is 0. The van der Waals surface area contributed by atoms with Gasteiger partial charge in [-0.1, -0.05) is 316 Å². The van der Waals surface area contributed by atoms with Gasteiger partial charge in [0.05, 0.1) is 0 Å². The van der Waals surface area contributed by atoms with Gasteiger partial charge in [0.15, 0.2) is 0 Å². The van der Waals surface area contributed by atoms with Crippen molar-refractivity contribution in [1.82, 2.24) is 0 Å². The summed E-state index contributed by atoms with van der Waals surface area (Å²) in [4.78, 5) is 0. The number of nitrogens with two attached hydrogens (primary N) is 1. The Bertz CT molecular complexity index is 980. The van der Waals surface area contributed by atoms with Crippen LogP contribution in [0.1, 0.15) is 346 Å². The Kier molecular flexibility index (Phi) is 46.1. The van der Waals surface area contributed by atoms with Crippen LogP contribution in [-0.2, 0) is 19.3 Å². The van der Waals surface area contributed by atoms with E-state index in [1.807, 2.05) is 0 Å². The highest BCUT2D eigenvalue weighted by atomic mass is 14.6. The molecule has 0 saturated heterocycles.